The fourth-order valence-electron chi connectivity index (χ4n) is 1.93. The van der Waals surface area contributed by atoms with Gasteiger partial charge in [-0.25, -0.2) is 0 Å². The monoisotopic (exact) mass is 275 g/mol. The lowest BCUT2D eigenvalue weighted by Crippen LogP contribution is -2.10. The molecular weight excluding hydrogens is 254 g/mol. The van der Waals surface area contributed by atoms with Crippen LogP contribution in [0.1, 0.15) is 36.6 Å². The molecule has 0 aliphatic carbocycles. The zero-order chi connectivity index (χ0) is 13.8. The van der Waals surface area contributed by atoms with Crippen LogP contribution in [0.3, 0.4) is 0 Å². The van der Waals surface area contributed by atoms with Gasteiger partial charge in [0.15, 0.2) is 0 Å². The van der Waals surface area contributed by atoms with E-state index in [-0.39, 0.29) is 12.1 Å². The van der Waals surface area contributed by atoms with Crippen molar-refractivity contribution in [2.75, 3.05) is 5.32 Å². The van der Waals surface area contributed by atoms with Gasteiger partial charge in [0.25, 0.3) is 0 Å². The summed E-state index contributed by atoms with van der Waals surface area (Å²) in [4.78, 5) is 2.69. The first kappa shape index (κ1) is 13.9. The van der Waals surface area contributed by atoms with Crippen molar-refractivity contribution in [1.29, 1.82) is 0 Å². The molecule has 1 heterocycles. The van der Waals surface area contributed by atoms with Gasteiger partial charge in [-0.15, -0.1) is 11.3 Å². The van der Waals surface area contributed by atoms with Crippen LogP contribution in [0.5, 0.6) is 5.75 Å². The van der Waals surface area contributed by atoms with E-state index in [1.54, 1.807) is 0 Å². The summed E-state index contributed by atoms with van der Waals surface area (Å²) in [6, 6.07) is 12.7. The van der Waals surface area contributed by atoms with E-state index in [1.807, 2.05) is 43.4 Å². The Labute approximate surface area is 119 Å². The van der Waals surface area contributed by atoms with E-state index in [4.69, 9.17) is 4.74 Å². The van der Waals surface area contributed by atoms with Crippen LogP contribution in [0.25, 0.3) is 0 Å². The summed E-state index contributed by atoms with van der Waals surface area (Å²) >= 11 is 1.83. The molecule has 2 aromatic rings. The molecular formula is C16H21NOS. The number of para-hydroxylation sites is 2. The fraction of sp³-hybridized carbons (Fsp3) is 0.375. The van der Waals surface area contributed by atoms with Crippen molar-refractivity contribution in [2.24, 2.45) is 0 Å². The Balaban J connectivity index is 2.14. The Hall–Kier alpha value is -1.48. The van der Waals surface area contributed by atoms with Crippen molar-refractivity contribution >= 4 is 17.0 Å². The molecule has 0 spiro atoms. The third kappa shape index (κ3) is 3.74. The third-order valence-corrected chi connectivity index (χ3v) is 3.99. The second-order valence-corrected chi connectivity index (χ2v) is 6.30. The van der Waals surface area contributed by atoms with E-state index < -0.39 is 0 Å². The summed E-state index contributed by atoms with van der Waals surface area (Å²) in [5.41, 5.74) is 1.05. The van der Waals surface area contributed by atoms with Gasteiger partial charge in [0, 0.05) is 9.75 Å². The van der Waals surface area contributed by atoms with Crippen LogP contribution in [0.4, 0.5) is 5.69 Å². The standard InChI is InChI=1S/C16H21NOS/c1-11(2)18-15-8-6-5-7-14(15)17-13(4)16-10-9-12(3)19-16/h5-11,13,17H,1-4H3. The average Bonchev–Trinajstić information content (AvgIpc) is 2.78. The van der Waals surface area contributed by atoms with Crippen molar-refractivity contribution in [3.63, 3.8) is 0 Å². The number of hydrogen-bond donors (Lipinski definition) is 1. The summed E-state index contributed by atoms with van der Waals surface area (Å²) in [6.45, 7) is 8.40. The number of anilines is 1. The molecule has 1 N–H and O–H groups in total. The molecule has 2 rings (SSSR count). The van der Waals surface area contributed by atoms with Crippen LogP contribution >= 0.6 is 11.3 Å². The van der Waals surface area contributed by atoms with Gasteiger partial charge < -0.3 is 10.1 Å². The molecule has 1 unspecified atom stereocenters. The third-order valence-electron chi connectivity index (χ3n) is 2.81. The molecule has 0 amide bonds. The van der Waals surface area contributed by atoms with Gasteiger partial charge in [-0.2, -0.15) is 0 Å². The van der Waals surface area contributed by atoms with Crippen LogP contribution in [-0.4, -0.2) is 6.10 Å². The van der Waals surface area contributed by atoms with Gasteiger partial charge in [-0.1, -0.05) is 12.1 Å². The van der Waals surface area contributed by atoms with E-state index >= 15 is 0 Å². The first-order chi connectivity index (χ1) is 9.06. The molecule has 0 saturated heterocycles. The fourth-order valence-corrected chi connectivity index (χ4v) is 2.81. The highest BCUT2D eigenvalue weighted by Gasteiger charge is 2.11. The Morgan fingerprint density at radius 2 is 1.79 bits per heavy atom. The molecule has 19 heavy (non-hydrogen) atoms. The molecule has 2 nitrogen and oxygen atoms in total. The number of hydrogen-bond acceptors (Lipinski definition) is 3. The Morgan fingerprint density at radius 3 is 2.42 bits per heavy atom. The normalized spacial score (nSPS) is 12.5. The minimum atomic E-state index is 0.183. The predicted molar refractivity (Wildman–Crippen MR) is 83.3 cm³/mol. The zero-order valence-corrected chi connectivity index (χ0v) is 12.8. The van der Waals surface area contributed by atoms with Gasteiger partial charge in [0.05, 0.1) is 17.8 Å². The summed E-state index contributed by atoms with van der Waals surface area (Å²) in [7, 11) is 0. The summed E-state index contributed by atoms with van der Waals surface area (Å²) < 4.78 is 5.83. The maximum atomic E-state index is 5.83. The number of thiophene rings is 1. The Kier molecular flexibility index (Phi) is 4.48. The van der Waals surface area contributed by atoms with Crippen molar-refractivity contribution in [1.82, 2.24) is 0 Å². The highest BCUT2D eigenvalue weighted by molar-refractivity contribution is 7.12. The number of ether oxygens (including phenoxy) is 1. The van der Waals surface area contributed by atoms with E-state index in [9.17, 15) is 0 Å². The van der Waals surface area contributed by atoms with Gasteiger partial charge in [0.1, 0.15) is 5.75 Å². The largest absolute Gasteiger partial charge is 0.489 e. The molecule has 0 radical (unpaired) electrons. The Morgan fingerprint density at radius 1 is 1.05 bits per heavy atom. The second kappa shape index (κ2) is 6.11. The smallest absolute Gasteiger partial charge is 0.142 e. The topological polar surface area (TPSA) is 21.3 Å². The SMILES string of the molecule is Cc1ccc(C(C)Nc2ccccc2OC(C)C)s1. The van der Waals surface area contributed by atoms with Gasteiger partial charge in [-0.3, -0.25) is 0 Å². The highest BCUT2D eigenvalue weighted by Crippen LogP contribution is 2.31. The predicted octanol–water partition coefficient (Wildman–Crippen LogP) is 5.02. The highest BCUT2D eigenvalue weighted by atomic mass is 32.1. The van der Waals surface area contributed by atoms with E-state index in [2.05, 4.69) is 37.4 Å². The number of aryl methyl sites for hydroxylation is 1. The van der Waals surface area contributed by atoms with Crippen LogP contribution in [-0.2, 0) is 0 Å². The first-order valence-corrected chi connectivity index (χ1v) is 7.46. The lowest BCUT2D eigenvalue weighted by atomic mass is 10.2. The van der Waals surface area contributed by atoms with Crippen LogP contribution in [0, 0.1) is 6.92 Å². The van der Waals surface area contributed by atoms with Gasteiger partial charge in [-0.05, 0) is 52.0 Å². The lowest BCUT2D eigenvalue weighted by Gasteiger charge is -2.18. The maximum absolute atomic E-state index is 5.83. The molecule has 0 fully saturated rings. The molecule has 1 aromatic heterocycles. The Bertz CT molecular complexity index is 533. The first-order valence-electron chi connectivity index (χ1n) is 6.65. The molecule has 3 heteroatoms. The van der Waals surface area contributed by atoms with E-state index in [0.717, 1.165) is 11.4 Å². The maximum Gasteiger partial charge on any atom is 0.142 e. The second-order valence-electron chi connectivity index (χ2n) is 4.98. The lowest BCUT2D eigenvalue weighted by molar-refractivity contribution is 0.243. The molecule has 102 valence electrons. The summed E-state index contributed by atoms with van der Waals surface area (Å²) in [5, 5.41) is 3.53. The molecule has 0 aliphatic heterocycles. The molecule has 0 bridgehead atoms. The summed E-state index contributed by atoms with van der Waals surface area (Å²) in [6.07, 6.45) is 0.183. The minimum Gasteiger partial charge on any atom is -0.489 e. The van der Waals surface area contributed by atoms with Crippen LogP contribution in [0.15, 0.2) is 36.4 Å². The molecule has 0 saturated carbocycles. The molecule has 1 atom stereocenters. The molecule has 1 aromatic carbocycles. The van der Waals surface area contributed by atoms with E-state index in [1.165, 1.54) is 9.75 Å². The van der Waals surface area contributed by atoms with Gasteiger partial charge >= 0.3 is 0 Å². The summed E-state index contributed by atoms with van der Waals surface area (Å²) in [5.74, 6) is 0.914. The van der Waals surface area contributed by atoms with Crippen molar-refractivity contribution in [3.8, 4) is 5.75 Å². The minimum absolute atomic E-state index is 0.183. The van der Waals surface area contributed by atoms with E-state index in [0.29, 0.717) is 0 Å². The average molecular weight is 275 g/mol. The number of rotatable bonds is 5. The number of nitrogens with one attached hydrogen (secondary N) is 1. The van der Waals surface area contributed by atoms with Crippen molar-refractivity contribution < 1.29 is 4.74 Å². The zero-order valence-electron chi connectivity index (χ0n) is 11.9. The van der Waals surface area contributed by atoms with Crippen LogP contribution in [0.2, 0.25) is 0 Å². The van der Waals surface area contributed by atoms with Crippen molar-refractivity contribution in [2.45, 2.75) is 39.8 Å². The number of benzene rings is 1. The van der Waals surface area contributed by atoms with Crippen molar-refractivity contribution in [3.05, 3.63) is 46.2 Å². The quantitative estimate of drug-likeness (QED) is 0.827. The van der Waals surface area contributed by atoms with Gasteiger partial charge in [0.2, 0.25) is 0 Å². The van der Waals surface area contributed by atoms with Crippen LogP contribution < -0.4 is 10.1 Å². The molecule has 0 aliphatic rings.